The fourth-order valence-electron chi connectivity index (χ4n) is 1.68. The fourth-order valence-corrected chi connectivity index (χ4v) is 1.68. The van der Waals surface area contributed by atoms with Crippen molar-refractivity contribution in [3.63, 3.8) is 0 Å². The van der Waals surface area contributed by atoms with Gasteiger partial charge in [0.2, 0.25) is 0 Å². The van der Waals surface area contributed by atoms with Crippen molar-refractivity contribution in [2.75, 3.05) is 7.05 Å². The Kier molecular flexibility index (Phi) is 2.19. The van der Waals surface area contributed by atoms with Crippen LogP contribution in [0.5, 0.6) is 0 Å². The summed E-state index contributed by atoms with van der Waals surface area (Å²) in [6, 6.07) is 2.20. The second-order valence-corrected chi connectivity index (χ2v) is 3.63. The molecular formula is C10H14N4. The summed E-state index contributed by atoms with van der Waals surface area (Å²) in [6.07, 6.45) is 2.81. The molecule has 1 aliphatic rings. The molecule has 4 heteroatoms. The third-order valence-corrected chi connectivity index (χ3v) is 2.34. The molecule has 1 unspecified atom stereocenters. The molecule has 1 aromatic rings. The van der Waals surface area contributed by atoms with Gasteiger partial charge in [-0.15, -0.1) is 0 Å². The molecular weight excluding hydrogens is 176 g/mol. The van der Waals surface area contributed by atoms with Gasteiger partial charge in [0.05, 0.1) is 0 Å². The van der Waals surface area contributed by atoms with Crippen molar-refractivity contribution in [2.45, 2.75) is 26.3 Å². The highest BCUT2D eigenvalue weighted by atomic mass is 15.5. The lowest BCUT2D eigenvalue weighted by atomic mass is 10.2. The van der Waals surface area contributed by atoms with E-state index in [1.54, 1.807) is 0 Å². The Labute approximate surface area is 83.7 Å². The van der Waals surface area contributed by atoms with E-state index in [0.29, 0.717) is 0 Å². The maximum absolute atomic E-state index is 4.43. The Morgan fingerprint density at radius 2 is 1.93 bits per heavy atom. The number of hydrogen-bond donors (Lipinski definition) is 0. The predicted octanol–water partition coefficient (Wildman–Crippen LogP) is 1.46. The first kappa shape index (κ1) is 9.12. The SMILES string of the molecule is Cc1cc(C)nc(C2CC=NN2C)n1. The quantitative estimate of drug-likeness (QED) is 0.673. The Bertz CT molecular complexity index is 352. The Morgan fingerprint density at radius 3 is 2.43 bits per heavy atom. The van der Waals surface area contributed by atoms with Crippen LogP contribution in [0.3, 0.4) is 0 Å². The lowest BCUT2D eigenvalue weighted by Gasteiger charge is -2.17. The molecule has 0 bridgehead atoms. The molecule has 1 aliphatic heterocycles. The summed E-state index contributed by atoms with van der Waals surface area (Å²) in [4.78, 5) is 8.87. The second kappa shape index (κ2) is 3.36. The summed E-state index contributed by atoms with van der Waals surface area (Å²) in [7, 11) is 1.95. The van der Waals surface area contributed by atoms with Crippen LogP contribution in [0.1, 0.15) is 29.7 Å². The van der Waals surface area contributed by atoms with Gasteiger partial charge in [0.25, 0.3) is 0 Å². The molecule has 0 saturated carbocycles. The molecule has 1 aromatic heterocycles. The minimum Gasteiger partial charge on any atom is -0.289 e. The van der Waals surface area contributed by atoms with E-state index < -0.39 is 0 Å². The first-order valence-electron chi connectivity index (χ1n) is 4.74. The second-order valence-electron chi connectivity index (χ2n) is 3.63. The van der Waals surface area contributed by atoms with E-state index in [1.165, 1.54) is 0 Å². The molecule has 0 radical (unpaired) electrons. The van der Waals surface area contributed by atoms with Crippen LogP contribution in [-0.2, 0) is 0 Å². The third-order valence-electron chi connectivity index (χ3n) is 2.34. The van der Waals surface area contributed by atoms with Gasteiger partial charge in [-0.05, 0) is 19.9 Å². The van der Waals surface area contributed by atoms with Crippen LogP contribution >= 0.6 is 0 Å². The summed E-state index contributed by atoms with van der Waals surface area (Å²) >= 11 is 0. The molecule has 0 fully saturated rings. The monoisotopic (exact) mass is 190 g/mol. The van der Waals surface area contributed by atoms with Crippen molar-refractivity contribution in [3.05, 3.63) is 23.3 Å². The summed E-state index contributed by atoms with van der Waals surface area (Å²) in [6.45, 7) is 3.99. The summed E-state index contributed by atoms with van der Waals surface area (Å²) in [5, 5.41) is 6.09. The average molecular weight is 190 g/mol. The summed E-state index contributed by atoms with van der Waals surface area (Å²) in [5.41, 5.74) is 2.04. The highest BCUT2D eigenvalue weighted by molar-refractivity contribution is 5.60. The maximum Gasteiger partial charge on any atom is 0.153 e. The Morgan fingerprint density at radius 1 is 1.29 bits per heavy atom. The van der Waals surface area contributed by atoms with Gasteiger partial charge in [0, 0.05) is 31.1 Å². The van der Waals surface area contributed by atoms with E-state index in [9.17, 15) is 0 Å². The zero-order chi connectivity index (χ0) is 10.1. The molecule has 0 spiro atoms. The number of nitrogens with zero attached hydrogens (tertiary/aromatic N) is 4. The minimum absolute atomic E-state index is 0.216. The van der Waals surface area contributed by atoms with E-state index >= 15 is 0 Å². The molecule has 4 nitrogen and oxygen atoms in total. The molecule has 2 heterocycles. The topological polar surface area (TPSA) is 41.4 Å². The van der Waals surface area contributed by atoms with Crippen LogP contribution in [0.2, 0.25) is 0 Å². The highest BCUT2D eigenvalue weighted by Gasteiger charge is 2.22. The van der Waals surface area contributed by atoms with Crippen molar-refractivity contribution in [1.29, 1.82) is 0 Å². The van der Waals surface area contributed by atoms with Gasteiger partial charge < -0.3 is 0 Å². The summed E-state index contributed by atoms with van der Waals surface area (Å²) < 4.78 is 0. The van der Waals surface area contributed by atoms with Gasteiger partial charge in [0.1, 0.15) is 6.04 Å². The lowest BCUT2D eigenvalue weighted by molar-refractivity contribution is 0.278. The molecule has 0 aliphatic carbocycles. The smallest absolute Gasteiger partial charge is 0.153 e. The number of rotatable bonds is 1. The predicted molar refractivity (Wildman–Crippen MR) is 55.1 cm³/mol. The summed E-state index contributed by atoms with van der Waals surface area (Å²) in [5.74, 6) is 0.877. The van der Waals surface area contributed by atoms with Crippen LogP contribution < -0.4 is 0 Å². The van der Waals surface area contributed by atoms with Crippen molar-refractivity contribution >= 4 is 6.21 Å². The van der Waals surface area contributed by atoms with Crippen LogP contribution in [0, 0.1) is 13.8 Å². The number of aromatic nitrogens is 2. The van der Waals surface area contributed by atoms with Crippen molar-refractivity contribution in [2.24, 2.45) is 5.10 Å². The van der Waals surface area contributed by atoms with Crippen LogP contribution in [-0.4, -0.2) is 28.2 Å². The first-order valence-corrected chi connectivity index (χ1v) is 4.74. The standard InChI is InChI=1S/C10H14N4/c1-7-6-8(2)13-10(12-7)9-4-5-11-14(9)3/h5-6,9H,4H2,1-3H3. The van der Waals surface area contributed by atoms with Gasteiger partial charge >= 0.3 is 0 Å². The lowest BCUT2D eigenvalue weighted by Crippen LogP contribution is -2.17. The fraction of sp³-hybridized carbons (Fsp3) is 0.500. The third kappa shape index (κ3) is 1.60. The van der Waals surface area contributed by atoms with Gasteiger partial charge in [0.15, 0.2) is 5.82 Å². The Hall–Kier alpha value is -1.45. The van der Waals surface area contributed by atoms with Gasteiger partial charge in [-0.25, -0.2) is 9.97 Å². The van der Waals surface area contributed by atoms with Crippen LogP contribution in [0.15, 0.2) is 11.2 Å². The van der Waals surface area contributed by atoms with Crippen LogP contribution in [0.25, 0.3) is 0 Å². The van der Waals surface area contributed by atoms with E-state index in [-0.39, 0.29) is 6.04 Å². The molecule has 2 rings (SSSR count). The number of aryl methyl sites for hydroxylation is 2. The molecule has 0 amide bonds. The average Bonchev–Trinajstić information content (AvgIpc) is 2.49. The van der Waals surface area contributed by atoms with E-state index in [2.05, 4.69) is 15.1 Å². The maximum atomic E-state index is 4.43. The molecule has 0 aromatic carbocycles. The van der Waals surface area contributed by atoms with Crippen molar-refractivity contribution in [1.82, 2.24) is 15.0 Å². The Balaban J connectivity index is 2.32. The van der Waals surface area contributed by atoms with Gasteiger partial charge in [-0.3, -0.25) is 5.01 Å². The highest BCUT2D eigenvalue weighted by Crippen LogP contribution is 2.23. The first-order chi connectivity index (χ1) is 6.66. The van der Waals surface area contributed by atoms with Gasteiger partial charge in [-0.2, -0.15) is 5.10 Å². The molecule has 0 N–H and O–H groups in total. The number of hydrazone groups is 1. The van der Waals surface area contributed by atoms with Crippen molar-refractivity contribution < 1.29 is 0 Å². The van der Waals surface area contributed by atoms with Crippen LogP contribution in [0.4, 0.5) is 0 Å². The van der Waals surface area contributed by atoms with Gasteiger partial charge in [-0.1, -0.05) is 0 Å². The zero-order valence-electron chi connectivity index (χ0n) is 8.73. The van der Waals surface area contributed by atoms with E-state index in [1.807, 2.05) is 38.2 Å². The van der Waals surface area contributed by atoms with E-state index in [4.69, 9.17) is 0 Å². The molecule has 14 heavy (non-hydrogen) atoms. The normalized spacial score (nSPS) is 20.5. The minimum atomic E-state index is 0.216. The van der Waals surface area contributed by atoms with Crippen molar-refractivity contribution in [3.8, 4) is 0 Å². The number of hydrogen-bond acceptors (Lipinski definition) is 4. The zero-order valence-corrected chi connectivity index (χ0v) is 8.73. The van der Waals surface area contributed by atoms with E-state index in [0.717, 1.165) is 23.6 Å². The largest absolute Gasteiger partial charge is 0.289 e. The molecule has 0 saturated heterocycles. The molecule has 1 atom stereocenters. The molecule has 74 valence electrons.